The standard InChI is InChI=1S/C19H26/c1-7-8-9-10-16(5)19-13-15(4)11-12-18(19)17(6)14(2)3/h7-14,17H,1H2,2-6H3/b9-8-,16-10+. The van der Waals surface area contributed by atoms with Crippen molar-refractivity contribution in [1.82, 2.24) is 0 Å². The molecule has 0 nitrogen and oxygen atoms in total. The lowest BCUT2D eigenvalue weighted by Gasteiger charge is -2.20. The van der Waals surface area contributed by atoms with Crippen molar-refractivity contribution in [1.29, 1.82) is 0 Å². The fourth-order valence-electron chi connectivity index (χ4n) is 2.14. The Morgan fingerprint density at radius 1 is 1.16 bits per heavy atom. The highest BCUT2D eigenvalue weighted by Crippen LogP contribution is 2.31. The summed E-state index contributed by atoms with van der Waals surface area (Å²) in [6.07, 6.45) is 7.98. The first kappa shape index (κ1) is 15.5. The van der Waals surface area contributed by atoms with E-state index in [1.807, 2.05) is 6.08 Å². The molecule has 1 rings (SSSR count). The van der Waals surface area contributed by atoms with Gasteiger partial charge in [0, 0.05) is 0 Å². The Morgan fingerprint density at radius 3 is 2.42 bits per heavy atom. The van der Waals surface area contributed by atoms with Crippen molar-refractivity contribution in [3.8, 4) is 0 Å². The van der Waals surface area contributed by atoms with Crippen molar-refractivity contribution in [3.63, 3.8) is 0 Å². The lowest BCUT2D eigenvalue weighted by molar-refractivity contribution is 0.534. The Hall–Kier alpha value is -1.56. The predicted octanol–water partition coefficient (Wildman–Crippen LogP) is 5.90. The van der Waals surface area contributed by atoms with Crippen molar-refractivity contribution in [2.75, 3.05) is 0 Å². The van der Waals surface area contributed by atoms with Gasteiger partial charge in [0.05, 0.1) is 0 Å². The van der Waals surface area contributed by atoms with Gasteiger partial charge in [-0.1, -0.05) is 75.4 Å². The van der Waals surface area contributed by atoms with E-state index in [0.29, 0.717) is 11.8 Å². The van der Waals surface area contributed by atoms with Crippen molar-refractivity contribution in [2.24, 2.45) is 5.92 Å². The highest BCUT2D eigenvalue weighted by atomic mass is 14.2. The van der Waals surface area contributed by atoms with Gasteiger partial charge in [-0.05, 0) is 42.4 Å². The second kappa shape index (κ2) is 7.13. The van der Waals surface area contributed by atoms with Gasteiger partial charge in [0.2, 0.25) is 0 Å². The molecule has 0 saturated heterocycles. The highest BCUT2D eigenvalue weighted by Gasteiger charge is 2.14. The molecule has 0 heterocycles. The minimum Gasteiger partial charge on any atom is -0.0991 e. The Bertz CT molecular complexity index is 487. The van der Waals surface area contributed by atoms with Crippen LogP contribution in [0.4, 0.5) is 0 Å². The molecule has 1 unspecified atom stereocenters. The summed E-state index contributed by atoms with van der Waals surface area (Å²) in [5.74, 6) is 1.22. The Labute approximate surface area is 118 Å². The van der Waals surface area contributed by atoms with Gasteiger partial charge in [-0.25, -0.2) is 0 Å². The van der Waals surface area contributed by atoms with Gasteiger partial charge in [-0.2, -0.15) is 0 Å². The first-order valence-electron chi connectivity index (χ1n) is 7.04. The summed E-state index contributed by atoms with van der Waals surface area (Å²) in [4.78, 5) is 0. The molecule has 0 radical (unpaired) electrons. The van der Waals surface area contributed by atoms with Crippen LogP contribution >= 0.6 is 0 Å². The molecule has 0 heteroatoms. The Morgan fingerprint density at radius 2 is 1.84 bits per heavy atom. The lowest BCUT2D eigenvalue weighted by atomic mass is 9.84. The third-order valence-electron chi connectivity index (χ3n) is 3.72. The van der Waals surface area contributed by atoms with Crippen molar-refractivity contribution >= 4 is 5.57 Å². The predicted molar refractivity (Wildman–Crippen MR) is 87.4 cm³/mol. The molecular weight excluding hydrogens is 228 g/mol. The van der Waals surface area contributed by atoms with Gasteiger partial charge >= 0.3 is 0 Å². The average Bonchev–Trinajstić information content (AvgIpc) is 2.37. The molecule has 0 N–H and O–H groups in total. The smallest absolute Gasteiger partial charge is 0.0161 e. The summed E-state index contributed by atoms with van der Waals surface area (Å²) >= 11 is 0. The van der Waals surface area contributed by atoms with Gasteiger partial charge in [0.15, 0.2) is 0 Å². The number of hydrogen-bond acceptors (Lipinski definition) is 0. The normalized spacial score (nSPS) is 14.1. The fourth-order valence-corrected chi connectivity index (χ4v) is 2.14. The van der Waals surface area contributed by atoms with Crippen LogP contribution in [0.2, 0.25) is 0 Å². The van der Waals surface area contributed by atoms with E-state index in [1.165, 1.54) is 22.3 Å². The van der Waals surface area contributed by atoms with Crippen LogP contribution in [0.5, 0.6) is 0 Å². The van der Waals surface area contributed by atoms with Crippen molar-refractivity contribution in [3.05, 3.63) is 65.8 Å². The minimum absolute atomic E-state index is 0.572. The number of allylic oxidation sites excluding steroid dienone is 5. The van der Waals surface area contributed by atoms with Gasteiger partial charge in [0.25, 0.3) is 0 Å². The number of hydrogen-bond donors (Lipinski definition) is 0. The second-order valence-corrected chi connectivity index (χ2v) is 5.59. The minimum atomic E-state index is 0.572. The van der Waals surface area contributed by atoms with Gasteiger partial charge in [-0.3, -0.25) is 0 Å². The quantitative estimate of drug-likeness (QED) is 0.574. The first-order chi connectivity index (χ1) is 8.97. The Balaban J connectivity index is 3.24. The molecule has 0 aliphatic carbocycles. The molecule has 0 saturated carbocycles. The van der Waals surface area contributed by atoms with E-state index in [0.717, 1.165) is 0 Å². The van der Waals surface area contributed by atoms with Crippen LogP contribution in [0.25, 0.3) is 5.57 Å². The van der Waals surface area contributed by atoms with Gasteiger partial charge in [-0.15, -0.1) is 0 Å². The summed E-state index contributed by atoms with van der Waals surface area (Å²) < 4.78 is 0. The average molecular weight is 254 g/mol. The van der Waals surface area contributed by atoms with Gasteiger partial charge in [0.1, 0.15) is 0 Å². The maximum atomic E-state index is 3.70. The zero-order valence-corrected chi connectivity index (χ0v) is 12.9. The van der Waals surface area contributed by atoms with Crippen LogP contribution in [-0.2, 0) is 0 Å². The lowest BCUT2D eigenvalue weighted by Crippen LogP contribution is -2.05. The molecule has 1 aromatic rings. The molecule has 0 amide bonds. The number of aryl methyl sites for hydroxylation is 1. The van der Waals surface area contributed by atoms with E-state index in [4.69, 9.17) is 0 Å². The zero-order chi connectivity index (χ0) is 14.4. The molecule has 19 heavy (non-hydrogen) atoms. The highest BCUT2D eigenvalue weighted by molar-refractivity contribution is 5.69. The summed E-state index contributed by atoms with van der Waals surface area (Å²) in [5, 5.41) is 0. The van der Waals surface area contributed by atoms with E-state index in [9.17, 15) is 0 Å². The maximum Gasteiger partial charge on any atom is -0.0161 e. The largest absolute Gasteiger partial charge is 0.0991 e. The van der Waals surface area contributed by atoms with Gasteiger partial charge < -0.3 is 0 Å². The summed E-state index contributed by atoms with van der Waals surface area (Å²) in [7, 11) is 0. The Kier molecular flexibility index (Phi) is 5.82. The monoisotopic (exact) mass is 254 g/mol. The molecule has 0 aromatic heterocycles. The van der Waals surface area contributed by atoms with Crippen molar-refractivity contribution < 1.29 is 0 Å². The number of rotatable bonds is 5. The van der Waals surface area contributed by atoms with E-state index >= 15 is 0 Å². The second-order valence-electron chi connectivity index (χ2n) is 5.59. The molecular formula is C19H26. The van der Waals surface area contributed by atoms with E-state index in [-0.39, 0.29) is 0 Å². The molecule has 1 aromatic carbocycles. The SMILES string of the molecule is C=C/C=C\C=C(/C)c1cc(C)ccc1C(C)C(C)C. The molecule has 0 aliphatic heterocycles. The molecule has 0 spiro atoms. The van der Waals surface area contributed by atoms with E-state index in [1.54, 1.807) is 6.08 Å². The van der Waals surface area contributed by atoms with E-state index in [2.05, 4.69) is 71.5 Å². The van der Waals surface area contributed by atoms with Crippen LogP contribution in [0.15, 0.2) is 49.1 Å². The summed E-state index contributed by atoms with van der Waals surface area (Å²) in [5.41, 5.74) is 5.44. The molecule has 1 atom stereocenters. The summed E-state index contributed by atoms with van der Waals surface area (Å²) in [6.45, 7) is 14.9. The van der Waals surface area contributed by atoms with Crippen molar-refractivity contribution in [2.45, 2.75) is 40.5 Å². The molecule has 0 fully saturated rings. The van der Waals surface area contributed by atoms with Crippen LogP contribution in [0.3, 0.4) is 0 Å². The molecule has 0 bridgehead atoms. The van der Waals surface area contributed by atoms with Crippen LogP contribution in [-0.4, -0.2) is 0 Å². The maximum absolute atomic E-state index is 3.70. The molecule has 0 aliphatic rings. The van der Waals surface area contributed by atoms with Crippen LogP contribution < -0.4 is 0 Å². The fraction of sp³-hybridized carbons (Fsp3) is 0.368. The third kappa shape index (κ3) is 4.24. The summed E-state index contributed by atoms with van der Waals surface area (Å²) in [6, 6.07) is 6.79. The number of benzene rings is 1. The van der Waals surface area contributed by atoms with Crippen LogP contribution in [0.1, 0.15) is 50.3 Å². The molecule has 102 valence electrons. The van der Waals surface area contributed by atoms with Crippen LogP contribution in [0, 0.1) is 12.8 Å². The first-order valence-corrected chi connectivity index (χ1v) is 7.04. The third-order valence-corrected chi connectivity index (χ3v) is 3.72. The van der Waals surface area contributed by atoms with E-state index < -0.39 is 0 Å². The topological polar surface area (TPSA) is 0 Å². The zero-order valence-electron chi connectivity index (χ0n) is 12.9.